The van der Waals surface area contributed by atoms with Crippen molar-refractivity contribution in [1.82, 2.24) is 24.4 Å². The van der Waals surface area contributed by atoms with Crippen LogP contribution in [0, 0.1) is 0 Å². The minimum atomic E-state index is 0.384. The highest BCUT2D eigenvalue weighted by Gasteiger charge is 2.21. The molecule has 1 N–H and O–H groups in total. The van der Waals surface area contributed by atoms with Gasteiger partial charge in [-0.25, -0.2) is 9.97 Å². The number of hydrogen-bond acceptors (Lipinski definition) is 6. The van der Waals surface area contributed by atoms with E-state index in [0.717, 1.165) is 31.9 Å². The van der Waals surface area contributed by atoms with Gasteiger partial charge in [-0.3, -0.25) is 4.90 Å². The second-order valence-corrected chi connectivity index (χ2v) is 6.35. The van der Waals surface area contributed by atoms with E-state index in [0.29, 0.717) is 12.0 Å². The number of rotatable bonds is 5. The van der Waals surface area contributed by atoms with Crippen LogP contribution in [-0.4, -0.2) is 57.6 Å². The Balaban J connectivity index is 1.60. The Bertz CT molecular complexity index is 637. The average molecular weight is 315 g/mol. The highest BCUT2D eigenvalue weighted by atomic mass is 15.2. The number of anilines is 2. The molecule has 3 heterocycles. The van der Waals surface area contributed by atoms with Gasteiger partial charge in [-0.2, -0.15) is 4.98 Å². The highest BCUT2D eigenvalue weighted by Crippen LogP contribution is 2.17. The van der Waals surface area contributed by atoms with E-state index in [1.54, 1.807) is 6.20 Å². The molecule has 1 aliphatic rings. The zero-order valence-corrected chi connectivity index (χ0v) is 14.1. The number of imidazole rings is 1. The van der Waals surface area contributed by atoms with E-state index in [-0.39, 0.29) is 0 Å². The zero-order chi connectivity index (χ0) is 16.2. The molecule has 0 aromatic carbocycles. The first-order valence-corrected chi connectivity index (χ1v) is 8.06. The molecule has 0 spiro atoms. The fourth-order valence-electron chi connectivity index (χ4n) is 2.93. The maximum atomic E-state index is 4.55. The Morgan fingerprint density at radius 3 is 3.00 bits per heavy atom. The topological polar surface area (TPSA) is 62.1 Å². The van der Waals surface area contributed by atoms with Crippen LogP contribution in [-0.2, 0) is 13.6 Å². The van der Waals surface area contributed by atoms with E-state index in [1.165, 1.54) is 12.1 Å². The van der Waals surface area contributed by atoms with Crippen LogP contribution in [0.15, 0.2) is 24.8 Å². The Kier molecular flexibility index (Phi) is 4.76. The molecule has 3 rings (SSSR count). The van der Waals surface area contributed by atoms with Crippen LogP contribution >= 0.6 is 0 Å². The smallest absolute Gasteiger partial charge is 0.224 e. The SMILES string of the molecule is CN(C)c1ccnc(NC2CCCN(Cc3cncn3C)C2)n1. The standard InChI is InChI=1S/C16H25N7/c1-21(2)15-6-7-18-16(20-15)19-13-5-4-8-23(10-13)11-14-9-17-12-22(14)3/h6-7,9,12-13H,4-5,8,10-11H2,1-3H3,(H,18,19,20). The fraction of sp³-hybridized carbons (Fsp3) is 0.562. The van der Waals surface area contributed by atoms with E-state index in [2.05, 4.69) is 29.7 Å². The lowest BCUT2D eigenvalue weighted by atomic mass is 10.1. The van der Waals surface area contributed by atoms with Gasteiger partial charge in [-0.15, -0.1) is 0 Å². The summed E-state index contributed by atoms with van der Waals surface area (Å²) in [6.45, 7) is 3.07. The third-order valence-electron chi connectivity index (χ3n) is 4.24. The molecule has 0 amide bonds. The van der Waals surface area contributed by atoms with Crippen molar-refractivity contribution in [2.45, 2.75) is 25.4 Å². The molecule has 2 aromatic heterocycles. The molecule has 1 saturated heterocycles. The molecule has 0 bridgehead atoms. The van der Waals surface area contributed by atoms with Crippen LogP contribution in [0.1, 0.15) is 18.5 Å². The fourth-order valence-corrected chi connectivity index (χ4v) is 2.93. The summed E-state index contributed by atoms with van der Waals surface area (Å²) in [5.74, 6) is 1.63. The van der Waals surface area contributed by atoms with Gasteiger partial charge < -0.3 is 14.8 Å². The molecule has 0 saturated carbocycles. The van der Waals surface area contributed by atoms with Gasteiger partial charge in [0, 0.05) is 52.7 Å². The summed E-state index contributed by atoms with van der Waals surface area (Å²) in [6.07, 6.45) is 7.94. The molecule has 2 aromatic rings. The molecule has 1 atom stereocenters. The second-order valence-electron chi connectivity index (χ2n) is 6.35. The van der Waals surface area contributed by atoms with Crippen molar-refractivity contribution in [3.63, 3.8) is 0 Å². The molecule has 0 aliphatic carbocycles. The van der Waals surface area contributed by atoms with Crippen LogP contribution in [0.25, 0.3) is 0 Å². The van der Waals surface area contributed by atoms with Gasteiger partial charge in [0.15, 0.2) is 0 Å². The van der Waals surface area contributed by atoms with E-state index in [1.807, 2.05) is 44.6 Å². The van der Waals surface area contributed by atoms with Gasteiger partial charge in [-0.05, 0) is 25.5 Å². The van der Waals surface area contributed by atoms with E-state index >= 15 is 0 Å². The average Bonchev–Trinajstić information content (AvgIpc) is 2.93. The van der Waals surface area contributed by atoms with Gasteiger partial charge in [-0.1, -0.05) is 0 Å². The molecule has 7 heteroatoms. The van der Waals surface area contributed by atoms with Crippen LogP contribution < -0.4 is 10.2 Å². The van der Waals surface area contributed by atoms with Crippen LogP contribution in [0.3, 0.4) is 0 Å². The van der Waals surface area contributed by atoms with Gasteiger partial charge in [0.25, 0.3) is 0 Å². The first-order valence-electron chi connectivity index (χ1n) is 8.06. The summed E-state index contributed by atoms with van der Waals surface area (Å²) in [5, 5.41) is 3.49. The number of hydrogen-bond donors (Lipinski definition) is 1. The molecule has 1 fully saturated rings. The number of likely N-dealkylation sites (tertiary alicyclic amines) is 1. The monoisotopic (exact) mass is 315 g/mol. The summed E-state index contributed by atoms with van der Waals surface area (Å²) in [7, 11) is 6.02. The zero-order valence-electron chi connectivity index (χ0n) is 14.1. The van der Waals surface area contributed by atoms with Crippen molar-refractivity contribution in [1.29, 1.82) is 0 Å². The van der Waals surface area contributed by atoms with Gasteiger partial charge in [0.1, 0.15) is 5.82 Å². The summed E-state index contributed by atoms with van der Waals surface area (Å²) >= 11 is 0. The summed E-state index contributed by atoms with van der Waals surface area (Å²) in [6, 6.07) is 2.30. The van der Waals surface area contributed by atoms with Crippen LogP contribution in [0.4, 0.5) is 11.8 Å². The lowest BCUT2D eigenvalue weighted by Gasteiger charge is -2.33. The van der Waals surface area contributed by atoms with Crippen molar-refractivity contribution < 1.29 is 0 Å². The lowest BCUT2D eigenvalue weighted by molar-refractivity contribution is 0.204. The van der Waals surface area contributed by atoms with Gasteiger partial charge in [0.05, 0.1) is 12.0 Å². The third-order valence-corrected chi connectivity index (χ3v) is 4.24. The molecule has 1 unspecified atom stereocenters. The molecular weight excluding hydrogens is 290 g/mol. The van der Waals surface area contributed by atoms with Gasteiger partial charge in [0.2, 0.25) is 5.95 Å². The Labute approximate surface area is 137 Å². The predicted octanol–water partition coefficient (Wildman–Crippen LogP) is 1.35. The van der Waals surface area contributed by atoms with Gasteiger partial charge >= 0.3 is 0 Å². The molecule has 1 aliphatic heterocycles. The quantitative estimate of drug-likeness (QED) is 0.899. The van der Waals surface area contributed by atoms with Crippen molar-refractivity contribution in [3.05, 3.63) is 30.5 Å². The number of nitrogens with zero attached hydrogens (tertiary/aromatic N) is 6. The summed E-state index contributed by atoms with van der Waals surface area (Å²) in [4.78, 5) is 17.6. The number of nitrogens with one attached hydrogen (secondary N) is 1. The van der Waals surface area contributed by atoms with Crippen molar-refractivity contribution in [3.8, 4) is 0 Å². The molecule has 124 valence electrons. The van der Waals surface area contributed by atoms with Crippen LogP contribution in [0.2, 0.25) is 0 Å². The number of aromatic nitrogens is 4. The largest absolute Gasteiger partial charge is 0.363 e. The Hall–Kier alpha value is -2.15. The first kappa shape index (κ1) is 15.7. The van der Waals surface area contributed by atoms with E-state index in [9.17, 15) is 0 Å². The first-order chi connectivity index (χ1) is 11.1. The number of piperidine rings is 1. The molecule has 0 radical (unpaired) electrons. The third kappa shape index (κ3) is 3.98. The lowest BCUT2D eigenvalue weighted by Crippen LogP contribution is -2.42. The van der Waals surface area contributed by atoms with Crippen molar-refractivity contribution in [2.75, 3.05) is 37.4 Å². The molecule has 23 heavy (non-hydrogen) atoms. The number of aryl methyl sites for hydroxylation is 1. The van der Waals surface area contributed by atoms with Crippen molar-refractivity contribution in [2.24, 2.45) is 7.05 Å². The second kappa shape index (κ2) is 6.95. The summed E-state index contributed by atoms with van der Waals surface area (Å²) in [5.41, 5.74) is 1.25. The molecule has 7 nitrogen and oxygen atoms in total. The normalized spacial score (nSPS) is 18.8. The maximum absolute atomic E-state index is 4.55. The van der Waals surface area contributed by atoms with Crippen molar-refractivity contribution >= 4 is 11.8 Å². The summed E-state index contributed by atoms with van der Waals surface area (Å²) < 4.78 is 2.08. The maximum Gasteiger partial charge on any atom is 0.224 e. The predicted molar refractivity (Wildman–Crippen MR) is 91.5 cm³/mol. The Morgan fingerprint density at radius 1 is 1.39 bits per heavy atom. The van der Waals surface area contributed by atoms with Crippen LogP contribution in [0.5, 0.6) is 0 Å². The minimum absolute atomic E-state index is 0.384. The van der Waals surface area contributed by atoms with E-state index in [4.69, 9.17) is 0 Å². The minimum Gasteiger partial charge on any atom is -0.363 e. The Morgan fingerprint density at radius 2 is 2.26 bits per heavy atom. The van der Waals surface area contributed by atoms with E-state index < -0.39 is 0 Å². The highest BCUT2D eigenvalue weighted by molar-refractivity contribution is 5.41. The molecular formula is C16H25N7.